The second kappa shape index (κ2) is 8.03. The molecule has 0 aliphatic carbocycles. The Morgan fingerprint density at radius 3 is 2.14 bits per heavy atom. The van der Waals surface area contributed by atoms with Crippen LogP contribution in [0.15, 0.2) is 54.6 Å². The molecule has 0 spiro atoms. The molecule has 22 heavy (non-hydrogen) atoms. The molecule has 0 bridgehead atoms. The summed E-state index contributed by atoms with van der Waals surface area (Å²) in [5.41, 5.74) is 14.2. The first kappa shape index (κ1) is 16.6. The SMILES string of the molecule is NC(CCc1ccc(F)cc1)[C@@H](O)[C@@H](N)Cc1ccccc1. The quantitative estimate of drug-likeness (QED) is 0.732. The molecular formula is C18H23FN2O. The fraction of sp³-hybridized carbons (Fsp3) is 0.333. The van der Waals surface area contributed by atoms with Crippen molar-refractivity contribution in [2.75, 3.05) is 0 Å². The lowest BCUT2D eigenvalue weighted by molar-refractivity contribution is 0.112. The van der Waals surface area contributed by atoms with E-state index in [1.807, 2.05) is 30.3 Å². The molecule has 0 heterocycles. The van der Waals surface area contributed by atoms with Crippen LogP contribution in [0.5, 0.6) is 0 Å². The van der Waals surface area contributed by atoms with Crippen molar-refractivity contribution in [2.24, 2.45) is 11.5 Å². The van der Waals surface area contributed by atoms with Crippen LogP contribution in [-0.4, -0.2) is 23.3 Å². The molecule has 0 saturated heterocycles. The van der Waals surface area contributed by atoms with Gasteiger partial charge in [-0.1, -0.05) is 42.5 Å². The van der Waals surface area contributed by atoms with Crippen molar-refractivity contribution in [3.63, 3.8) is 0 Å². The zero-order valence-corrected chi connectivity index (χ0v) is 12.5. The van der Waals surface area contributed by atoms with E-state index in [1.165, 1.54) is 12.1 Å². The lowest BCUT2D eigenvalue weighted by Crippen LogP contribution is -2.48. The van der Waals surface area contributed by atoms with E-state index in [2.05, 4.69) is 0 Å². The Balaban J connectivity index is 1.83. The molecule has 0 saturated carbocycles. The molecule has 4 heteroatoms. The summed E-state index contributed by atoms with van der Waals surface area (Å²) in [4.78, 5) is 0. The zero-order chi connectivity index (χ0) is 15.9. The molecule has 0 aromatic heterocycles. The van der Waals surface area contributed by atoms with Crippen molar-refractivity contribution in [1.29, 1.82) is 0 Å². The molecule has 0 amide bonds. The number of aryl methyl sites for hydroxylation is 1. The van der Waals surface area contributed by atoms with Gasteiger partial charge in [-0.2, -0.15) is 0 Å². The smallest absolute Gasteiger partial charge is 0.123 e. The normalized spacial score (nSPS) is 15.3. The largest absolute Gasteiger partial charge is 0.390 e. The molecule has 3 nitrogen and oxygen atoms in total. The van der Waals surface area contributed by atoms with Gasteiger partial charge in [0.05, 0.1) is 6.10 Å². The van der Waals surface area contributed by atoms with Gasteiger partial charge in [0.2, 0.25) is 0 Å². The van der Waals surface area contributed by atoms with Gasteiger partial charge in [-0.05, 0) is 42.5 Å². The Kier molecular flexibility index (Phi) is 6.07. The lowest BCUT2D eigenvalue weighted by atomic mass is 9.94. The van der Waals surface area contributed by atoms with Crippen LogP contribution in [0.4, 0.5) is 4.39 Å². The molecule has 2 aromatic carbocycles. The van der Waals surface area contributed by atoms with E-state index in [1.54, 1.807) is 12.1 Å². The highest BCUT2D eigenvalue weighted by Crippen LogP contribution is 2.11. The average molecular weight is 302 g/mol. The molecule has 2 aromatic rings. The average Bonchev–Trinajstić information content (AvgIpc) is 2.54. The third-order valence-electron chi connectivity index (χ3n) is 3.87. The molecule has 5 N–H and O–H groups in total. The van der Waals surface area contributed by atoms with Crippen molar-refractivity contribution in [3.8, 4) is 0 Å². The first-order valence-electron chi connectivity index (χ1n) is 7.54. The number of aliphatic hydroxyl groups is 1. The molecule has 2 rings (SSSR count). The molecular weight excluding hydrogens is 279 g/mol. The van der Waals surface area contributed by atoms with Crippen molar-refractivity contribution in [2.45, 2.75) is 37.5 Å². The van der Waals surface area contributed by atoms with Crippen molar-refractivity contribution in [1.82, 2.24) is 0 Å². The molecule has 0 radical (unpaired) electrons. The first-order valence-corrected chi connectivity index (χ1v) is 7.54. The fourth-order valence-corrected chi connectivity index (χ4v) is 2.48. The summed E-state index contributed by atoms with van der Waals surface area (Å²) >= 11 is 0. The van der Waals surface area contributed by atoms with E-state index in [0.29, 0.717) is 19.3 Å². The summed E-state index contributed by atoms with van der Waals surface area (Å²) in [6.07, 6.45) is 1.12. The van der Waals surface area contributed by atoms with Crippen LogP contribution in [-0.2, 0) is 12.8 Å². The monoisotopic (exact) mass is 302 g/mol. The highest BCUT2D eigenvalue weighted by Gasteiger charge is 2.22. The minimum Gasteiger partial charge on any atom is -0.390 e. The number of rotatable bonds is 7. The van der Waals surface area contributed by atoms with Gasteiger partial charge in [-0.25, -0.2) is 4.39 Å². The summed E-state index contributed by atoms with van der Waals surface area (Å²) in [7, 11) is 0. The van der Waals surface area contributed by atoms with Crippen LogP contribution in [0.1, 0.15) is 17.5 Å². The maximum atomic E-state index is 12.8. The van der Waals surface area contributed by atoms with Gasteiger partial charge in [0, 0.05) is 12.1 Å². The molecule has 3 atom stereocenters. The highest BCUT2D eigenvalue weighted by atomic mass is 19.1. The van der Waals surface area contributed by atoms with Gasteiger partial charge in [0.25, 0.3) is 0 Å². The molecule has 0 aliphatic heterocycles. The summed E-state index contributed by atoms with van der Waals surface area (Å²) in [5, 5.41) is 10.3. The molecule has 0 fully saturated rings. The minimum atomic E-state index is -0.763. The van der Waals surface area contributed by atoms with E-state index < -0.39 is 18.2 Å². The van der Waals surface area contributed by atoms with Gasteiger partial charge in [0.15, 0.2) is 0 Å². The Labute approximate surface area is 130 Å². The van der Waals surface area contributed by atoms with E-state index in [9.17, 15) is 9.50 Å². The van der Waals surface area contributed by atoms with Gasteiger partial charge < -0.3 is 16.6 Å². The third-order valence-corrected chi connectivity index (χ3v) is 3.87. The molecule has 1 unspecified atom stereocenters. The Hall–Kier alpha value is -1.75. The Morgan fingerprint density at radius 2 is 1.50 bits per heavy atom. The highest BCUT2D eigenvalue weighted by molar-refractivity contribution is 5.17. The van der Waals surface area contributed by atoms with E-state index in [4.69, 9.17) is 11.5 Å². The predicted octanol–water partition coefficient (Wildman–Crippen LogP) is 2.02. The van der Waals surface area contributed by atoms with Crippen LogP contribution < -0.4 is 11.5 Å². The first-order chi connectivity index (χ1) is 10.6. The topological polar surface area (TPSA) is 72.3 Å². The number of hydrogen-bond acceptors (Lipinski definition) is 3. The van der Waals surface area contributed by atoms with Gasteiger partial charge >= 0.3 is 0 Å². The van der Waals surface area contributed by atoms with Gasteiger partial charge in [-0.15, -0.1) is 0 Å². The maximum absolute atomic E-state index is 12.8. The standard InChI is InChI=1S/C18H23FN2O/c19-15-9-6-13(7-10-15)8-11-16(20)18(22)17(21)12-14-4-2-1-3-5-14/h1-7,9-10,16-18,22H,8,11-12,20-21H2/t16?,17-,18+/m0/s1. The van der Waals surface area contributed by atoms with Crippen LogP contribution in [0.3, 0.4) is 0 Å². The summed E-state index contributed by atoms with van der Waals surface area (Å²) < 4.78 is 12.8. The second-order valence-electron chi connectivity index (χ2n) is 5.67. The minimum absolute atomic E-state index is 0.252. The number of nitrogens with two attached hydrogens (primary N) is 2. The summed E-state index contributed by atoms with van der Waals surface area (Å²) in [6, 6.07) is 15.3. The molecule has 0 aliphatic rings. The van der Waals surface area contributed by atoms with Gasteiger partial charge in [0.1, 0.15) is 5.82 Å². The van der Waals surface area contributed by atoms with Crippen LogP contribution >= 0.6 is 0 Å². The van der Waals surface area contributed by atoms with E-state index in [-0.39, 0.29) is 5.82 Å². The lowest BCUT2D eigenvalue weighted by Gasteiger charge is -2.25. The second-order valence-corrected chi connectivity index (χ2v) is 5.67. The Morgan fingerprint density at radius 1 is 0.864 bits per heavy atom. The number of aliphatic hydroxyl groups excluding tert-OH is 1. The predicted molar refractivity (Wildman–Crippen MR) is 86.8 cm³/mol. The van der Waals surface area contributed by atoms with Crippen LogP contribution in [0.25, 0.3) is 0 Å². The van der Waals surface area contributed by atoms with E-state index >= 15 is 0 Å². The number of hydrogen-bond donors (Lipinski definition) is 3. The summed E-state index contributed by atoms with van der Waals surface area (Å²) in [5.74, 6) is -0.252. The summed E-state index contributed by atoms with van der Waals surface area (Å²) in [6.45, 7) is 0. The third kappa shape index (κ3) is 4.91. The van der Waals surface area contributed by atoms with Crippen molar-refractivity contribution in [3.05, 3.63) is 71.5 Å². The van der Waals surface area contributed by atoms with E-state index in [0.717, 1.165) is 11.1 Å². The Bertz CT molecular complexity index is 559. The van der Waals surface area contributed by atoms with Crippen LogP contribution in [0, 0.1) is 5.82 Å². The molecule has 118 valence electrons. The van der Waals surface area contributed by atoms with Gasteiger partial charge in [-0.3, -0.25) is 0 Å². The number of halogens is 1. The van der Waals surface area contributed by atoms with Crippen molar-refractivity contribution < 1.29 is 9.50 Å². The zero-order valence-electron chi connectivity index (χ0n) is 12.5. The fourth-order valence-electron chi connectivity index (χ4n) is 2.48. The maximum Gasteiger partial charge on any atom is 0.123 e. The van der Waals surface area contributed by atoms with Crippen LogP contribution in [0.2, 0.25) is 0 Å². The number of benzene rings is 2. The van der Waals surface area contributed by atoms with Crippen molar-refractivity contribution >= 4 is 0 Å².